The quantitative estimate of drug-likeness (QED) is 0.568. The number of benzene rings is 2. The molecule has 2 heterocycles. The number of fused-ring (bicyclic) bond motifs is 1. The molecule has 2 aromatic heterocycles. The molecule has 0 bridgehead atoms. The number of aromatic nitrogens is 4. The Morgan fingerprint density at radius 2 is 1.96 bits per heavy atom. The number of halogens is 1. The van der Waals surface area contributed by atoms with E-state index in [4.69, 9.17) is 4.42 Å². The van der Waals surface area contributed by atoms with Crippen LogP contribution in [0.1, 0.15) is 25.5 Å². The van der Waals surface area contributed by atoms with Crippen molar-refractivity contribution in [3.8, 4) is 11.3 Å². The summed E-state index contributed by atoms with van der Waals surface area (Å²) in [6.07, 6.45) is 1.61. The first-order chi connectivity index (χ1) is 13.5. The van der Waals surface area contributed by atoms with Crippen LogP contribution in [0.5, 0.6) is 0 Å². The van der Waals surface area contributed by atoms with E-state index in [2.05, 4.69) is 20.5 Å². The van der Waals surface area contributed by atoms with E-state index in [9.17, 15) is 9.18 Å². The van der Waals surface area contributed by atoms with Crippen molar-refractivity contribution >= 4 is 17.0 Å². The molecule has 7 nitrogen and oxygen atoms in total. The van der Waals surface area contributed by atoms with E-state index in [0.29, 0.717) is 29.3 Å². The standard InChI is InChI=1S/C20H18FN5O2/c1-3-26-17-10-14(6-9-18(17)28-20(26)27)16-11-22-19(25-24-16)23-12(2)13-4-7-15(21)8-5-13/h4-12H,3H2,1-2H3,(H,22,23,25)/t12-/m1/s1. The minimum atomic E-state index is -0.381. The van der Waals surface area contributed by atoms with Gasteiger partial charge in [-0.15, -0.1) is 10.2 Å². The van der Waals surface area contributed by atoms with Crippen molar-refractivity contribution in [2.24, 2.45) is 0 Å². The zero-order valence-electron chi connectivity index (χ0n) is 15.4. The van der Waals surface area contributed by atoms with E-state index >= 15 is 0 Å². The molecule has 0 spiro atoms. The summed E-state index contributed by atoms with van der Waals surface area (Å²) in [6.45, 7) is 4.33. The summed E-state index contributed by atoms with van der Waals surface area (Å²) in [4.78, 5) is 16.1. The van der Waals surface area contributed by atoms with Gasteiger partial charge in [0.1, 0.15) is 11.5 Å². The van der Waals surface area contributed by atoms with Crippen molar-refractivity contribution in [3.05, 3.63) is 70.6 Å². The first kappa shape index (κ1) is 17.8. The molecule has 0 saturated carbocycles. The second kappa shape index (κ2) is 7.22. The monoisotopic (exact) mass is 379 g/mol. The molecule has 1 N–H and O–H groups in total. The van der Waals surface area contributed by atoms with E-state index in [1.54, 1.807) is 29.0 Å². The van der Waals surface area contributed by atoms with Crippen molar-refractivity contribution in [1.82, 2.24) is 19.7 Å². The van der Waals surface area contributed by atoms with Gasteiger partial charge >= 0.3 is 5.76 Å². The molecule has 0 unspecified atom stereocenters. The molecular formula is C20H18FN5O2. The number of hydrogen-bond acceptors (Lipinski definition) is 6. The minimum absolute atomic E-state index is 0.102. The molecule has 0 fully saturated rings. The summed E-state index contributed by atoms with van der Waals surface area (Å²) in [5, 5.41) is 11.5. The van der Waals surface area contributed by atoms with Crippen LogP contribution in [0.15, 0.2) is 57.9 Å². The highest BCUT2D eigenvalue weighted by Gasteiger charge is 2.12. The zero-order chi connectivity index (χ0) is 19.7. The second-order valence-electron chi connectivity index (χ2n) is 6.38. The summed E-state index contributed by atoms with van der Waals surface area (Å²) in [5.74, 6) is -0.287. The minimum Gasteiger partial charge on any atom is -0.408 e. The SMILES string of the molecule is CCn1c(=O)oc2ccc(-c3cnc(N[C@H](C)c4ccc(F)cc4)nn3)cc21. The van der Waals surface area contributed by atoms with Gasteiger partial charge in [0.15, 0.2) is 5.58 Å². The fourth-order valence-electron chi connectivity index (χ4n) is 3.02. The van der Waals surface area contributed by atoms with E-state index in [0.717, 1.165) is 11.1 Å². The number of hydrogen-bond donors (Lipinski definition) is 1. The molecule has 8 heteroatoms. The lowest BCUT2D eigenvalue weighted by Crippen LogP contribution is -2.12. The summed E-state index contributed by atoms with van der Waals surface area (Å²) >= 11 is 0. The fourth-order valence-corrected chi connectivity index (χ4v) is 3.02. The third-order valence-corrected chi connectivity index (χ3v) is 4.56. The highest BCUT2D eigenvalue weighted by atomic mass is 19.1. The highest BCUT2D eigenvalue weighted by Crippen LogP contribution is 2.23. The predicted octanol–water partition coefficient (Wildman–Crippen LogP) is 3.78. The lowest BCUT2D eigenvalue weighted by atomic mass is 10.1. The summed E-state index contributed by atoms with van der Waals surface area (Å²) in [7, 11) is 0. The smallest absolute Gasteiger partial charge is 0.408 e. The van der Waals surface area contributed by atoms with E-state index in [1.807, 2.05) is 26.0 Å². The summed E-state index contributed by atoms with van der Waals surface area (Å²) in [6, 6.07) is 11.5. The van der Waals surface area contributed by atoms with Crippen LogP contribution >= 0.6 is 0 Å². The van der Waals surface area contributed by atoms with Crippen molar-refractivity contribution in [2.75, 3.05) is 5.32 Å². The maximum atomic E-state index is 13.0. The van der Waals surface area contributed by atoms with Crippen LogP contribution in [0.4, 0.5) is 10.3 Å². The molecule has 142 valence electrons. The Hall–Kier alpha value is -3.55. The van der Waals surface area contributed by atoms with Crippen molar-refractivity contribution in [1.29, 1.82) is 0 Å². The van der Waals surface area contributed by atoms with Gasteiger partial charge in [-0.1, -0.05) is 12.1 Å². The van der Waals surface area contributed by atoms with Gasteiger partial charge in [-0.3, -0.25) is 4.57 Å². The van der Waals surface area contributed by atoms with E-state index in [-0.39, 0.29) is 17.6 Å². The molecule has 0 amide bonds. The average molecular weight is 379 g/mol. The Kier molecular flexibility index (Phi) is 4.60. The van der Waals surface area contributed by atoms with Crippen molar-refractivity contribution < 1.29 is 8.81 Å². The molecule has 0 aliphatic rings. The number of oxazole rings is 1. The Morgan fingerprint density at radius 1 is 1.18 bits per heavy atom. The number of rotatable bonds is 5. The average Bonchev–Trinajstić information content (AvgIpc) is 3.03. The lowest BCUT2D eigenvalue weighted by molar-refractivity contribution is 0.513. The van der Waals surface area contributed by atoms with Crippen LogP contribution in [0.3, 0.4) is 0 Å². The number of anilines is 1. The highest BCUT2D eigenvalue weighted by molar-refractivity contribution is 5.79. The van der Waals surface area contributed by atoms with Gasteiger partial charge < -0.3 is 9.73 Å². The van der Waals surface area contributed by atoms with Gasteiger partial charge in [0, 0.05) is 12.1 Å². The van der Waals surface area contributed by atoms with Crippen LogP contribution in [-0.4, -0.2) is 19.7 Å². The largest absolute Gasteiger partial charge is 0.419 e. The topological polar surface area (TPSA) is 85.8 Å². The molecule has 0 saturated heterocycles. The molecule has 4 aromatic rings. The predicted molar refractivity (Wildman–Crippen MR) is 103 cm³/mol. The fraction of sp³-hybridized carbons (Fsp3) is 0.200. The number of aryl methyl sites for hydroxylation is 1. The molecule has 0 aliphatic heterocycles. The number of nitrogens with one attached hydrogen (secondary N) is 1. The Labute approximate surface area is 159 Å². The number of nitrogens with zero attached hydrogens (tertiary/aromatic N) is 4. The Balaban J connectivity index is 1.57. The molecule has 28 heavy (non-hydrogen) atoms. The third kappa shape index (κ3) is 3.36. The van der Waals surface area contributed by atoms with Crippen molar-refractivity contribution in [2.45, 2.75) is 26.4 Å². The van der Waals surface area contributed by atoms with Crippen LogP contribution in [0, 0.1) is 5.82 Å². The van der Waals surface area contributed by atoms with Gasteiger partial charge in [-0.05, 0) is 49.7 Å². The van der Waals surface area contributed by atoms with Crippen LogP contribution in [0.25, 0.3) is 22.4 Å². The maximum absolute atomic E-state index is 13.0. The first-order valence-corrected chi connectivity index (χ1v) is 8.90. The van der Waals surface area contributed by atoms with Gasteiger partial charge in [0.25, 0.3) is 0 Å². The first-order valence-electron chi connectivity index (χ1n) is 8.90. The van der Waals surface area contributed by atoms with Gasteiger partial charge in [0.05, 0.1) is 17.8 Å². The molecule has 0 radical (unpaired) electrons. The molecule has 2 aromatic carbocycles. The van der Waals surface area contributed by atoms with Crippen LogP contribution in [0.2, 0.25) is 0 Å². The zero-order valence-corrected chi connectivity index (χ0v) is 15.4. The van der Waals surface area contributed by atoms with Crippen molar-refractivity contribution in [3.63, 3.8) is 0 Å². The summed E-state index contributed by atoms with van der Waals surface area (Å²) < 4.78 is 19.8. The normalized spacial score (nSPS) is 12.2. The van der Waals surface area contributed by atoms with Gasteiger partial charge in [-0.25, -0.2) is 14.2 Å². The summed E-state index contributed by atoms with van der Waals surface area (Å²) in [5.41, 5.74) is 3.52. The van der Waals surface area contributed by atoms with Crippen LogP contribution < -0.4 is 11.1 Å². The molecule has 4 rings (SSSR count). The molecule has 0 aliphatic carbocycles. The molecule has 1 atom stereocenters. The second-order valence-corrected chi connectivity index (χ2v) is 6.38. The lowest BCUT2D eigenvalue weighted by Gasteiger charge is -2.13. The molecular weight excluding hydrogens is 361 g/mol. The van der Waals surface area contributed by atoms with Crippen LogP contribution in [-0.2, 0) is 6.54 Å². The van der Waals surface area contributed by atoms with E-state index < -0.39 is 0 Å². The van der Waals surface area contributed by atoms with Gasteiger partial charge in [0.2, 0.25) is 5.95 Å². The Bertz CT molecular complexity index is 1170. The van der Waals surface area contributed by atoms with E-state index in [1.165, 1.54) is 12.1 Å². The Morgan fingerprint density at radius 3 is 2.64 bits per heavy atom. The van der Waals surface area contributed by atoms with Gasteiger partial charge in [-0.2, -0.15) is 0 Å². The maximum Gasteiger partial charge on any atom is 0.419 e. The third-order valence-electron chi connectivity index (χ3n) is 4.56.